The van der Waals surface area contributed by atoms with Gasteiger partial charge in [-0.15, -0.1) is 0 Å². The Morgan fingerprint density at radius 2 is 2.12 bits per heavy atom. The summed E-state index contributed by atoms with van der Waals surface area (Å²) in [6.07, 6.45) is 5.11. The van der Waals surface area contributed by atoms with E-state index in [9.17, 15) is 4.79 Å². The number of anilines is 1. The van der Waals surface area contributed by atoms with Crippen molar-refractivity contribution in [3.8, 4) is 11.5 Å². The van der Waals surface area contributed by atoms with Crippen molar-refractivity contribution in [2.24, 2.45) is 0 Å². The highest BCUT2D eigenvalue weighted by atomic mass is 16.7. The van der Waals surface area contributed by atoms with Crippen molar-refractivity contribution in [3.05, 3.63) is 66.2 Å². The number of fused-ring (bicyclic) bond motifs is 1. The van der Waals surface area contributed by atoms with Crippen LogP contribution in [-0.4, -0.2) is 27.5 Å². The number of carbonyl (C=O) groups is 1. The van der Waals surface area contributed by atoms with E-state index in [0.717, 1.165) is 5.69 Å². The van der Waals surface area contributed by atoms with Gasteiger partial charge in [-0.3, -0.25) is 14.5 Å². The second-order valence-corrected chi connectivity index (χ2v) is 5.27. The zero-order chi connectivity index (χ0) is 16.4. The van der Waals surface area contributed by atoms with E-state index in [1.807, 2.05) is 18.2 Å². The molecular formula is C17H14N4O3. The Labute approximate surface area is 137 Å². The number of ether oxygens (including phenoxy) is 2. The van der Waals surface area contributed by atoms with Crippen molar-refractivity contribution in [3.63, 3.8) is 0 Å². The molecule has 0 atom stereocenters. The van der Waals surface area contributed by atoms with Crippen LogP contribution in [0.25, 0.3) is 0 Å². The molecule has 3 aromatic rings. The average Bonchev–Trinajstić information content (AvgIpc) is 3.24. The third-order valence-corrected chi connectivity index (χ3v) is 3.58. The fourth-order valence-corrected chi connectivity index (χ4v) is 2.41. The molecule has 7 nitrogen and oxygen atoms in total. The fraction of sp³-hybridized carbons (Fsp3) is 0.118. The molecule has 0 saturated carbocycles. The zero-order valence-corrected chi connectivity index (χ0v) is 12.7. The van der Waals surface area contributed by atoms with Crippen molar-refractivity contribution >= 4 is 11.6 Å². The first-order chi connectivity index (χ1) is 11.8. The smallest absolute Gasteiger partial charge is 0.255 e. The average molecular weight is 322 g/mol. The Bertz CT molecular complexity index is 877. The Kier molecular flexibility index (Phi) is 3.59. The number of aromatic nitrogens is 3. The van der Waals surface area contributed by atoms with Crippen molar-refractivity contribution in [1.82, 2.24) is 14.8 Å². The van der Waals surface area contributed by atoms with E-state index in [1.165, 1.54) is 0 Å². The minimum Gasteiger partial charge on any atom is -0.454 e. The molecule has 0 spiro atoms. The topological polar surface area (TPSA) is 78.3 Å². The highest BCUT2D eigenvalue weighted by molar-refractivity contribution is 6.04. The van der Waals surface area contributed by atoms with Crippen LogP contribution in [0.3, 0.4) is 0 Å². The summed E-state index contributed by atoms with van der Waals surface area (Å²) >= 11 is 0. The van der Waals surface area contributed by atoms with Gasteiger partial charge in [0.2, 0.25) is 6.79 Å². The number of amides is 1. The summed E-state index contributed by atoms with van der Waals surface area (Å²) in [6.45, 7) is 0.724. The normalized spacial score (nSPS) is 12.2. The molecule has 0 unspecified atom stereocenters. The van der Waals surface area contributed by atoms with Crippen LogP contribution in [0.15, 0.2) is 55.0 Å². The third kappa shape index (κ3) is 2.91. The molecule has 0 aliphatic carbocycles. The highest BCUT2D eigenvalue weighted by Crippen LogP contribution is 2.32. The van der Waals surface area contributed by atoms with E-state index in [-0.39, 0.29) is 12.7 Å². The molecule has 7 heteroatoms. The molecule has 2 aromatic heterocycles. The van der Waals surface area contributed by atoms with Crippen molar-refractivity contribution in [2.45, 2.75) is 6.54 Å². The molecule has 0 radical (unpaired) electrons. The van der Waals surface area contributed by atoms with Crippen LogP contribution in [0.5, 0.6) is 11.5 Å². The first kappa shape index (κ1) is 14.3. The number of benzene rings is 1. The van der Waals surface area contributed by atoms with E-state index in [2.05, 4.69) is 15.4 Å². The van der Waals surface area contributed by atoms with Crippen LogP contribution in [0.4, 0.5) is 5.69 Å². The molecule has 1 amide bonds. The van der Waals surface area contributed by atoms with Gasteiger partial charge in [0.25, 0.3) is 5.91 Å². The van der Waals surface area contributed by atoms with Crippen LogP contribution >= 0.6 is 0 Å². The standard InChI is InChI=1S/C17H14N4O3/c22-17(12-4-5-15-16(7-12)24-11-23-15)20-14-8-19-21(10-14)9-13-3-1-2-6-18-13/h1-8,10H,9,11H2,(H,20,22). The van der Waals surface area contributed by atoms with Gasteiger partial charge in [0.05, 0.1) is 24.1 Å². The van der Waals surface area contributed by atoms with Gasteiger partial charge in [0, 0.05) is 18.0 Å². The molecule has 120 valence electrons. The van der Waals surface area contributed by atoms with Crippen LogP contribution in [-0.2, 0) is 6.54 Å². The highest BCUT2D eigenvalue weighted by Gasteiger charge is 2.16. The number of nitrogens with one attached hydrogen (secondary N) is 1. The molecule has 1 aliphatic heterocycles. The molecule has 24 heavy (non-hydrogen) atoms. The van der Waals surface area contributed by atoms with E-state index in [0.29, 0.717) is 29.3 Å². The molecule has 0 saturated heterocycles. The maximum atomic E-state index is 12.3. The quantitative estimate of drug-likeness (QED) is 0.797. The second-order valence-electron chi connectivity index (χ2n) is 5.27. The van der Waals surface area contributed by atoms with E-state index < -0.39 is 0 Å². The summed E-state index contributed by atoms with van der Waals surface area (Å²) in [4.78, 5) is 16.6. The Morgan fingerprint density at radius 1 is 1.21 bits per heavy atom. The third-order valence-electron chi connectivity index (χ3n) is 3.58. The Hall–Kier alpha value is -3.35. The summed E-state index contributed by atoms with van der Waals surface area (Å²) in [5.41, 5.74) is 2.01. The first-order valence-electron chi connectivity index (χ1n) is 7.41. The Balaban J connectivity index is 1.45. The van der Waals surface area contributed by atoms with Gasteiger partial charge >= 0.3 is 0 Å². The Morgan fingerprint density at radius 3 is 3.00 bits per heavy atom. The predicted octanol–water partition coefficient (Wildman–Crippen LogP) is 2.31. The van der Waals surface area contributed by atoms with Crippen LogP contribution in [0.2, 0.25) is 0 Å². The van der Waals surface area contributed by atoms with Gasteiger partial charge in [-0.25, -0.2) is 0 Å². The van der Waals surface area contributed by atoms with E-state index in [4.69, 9.17) is 9.47 Å². The van der Waals surface area contributed by atoms with Gasteiger partial charge in [0.15, 0.2) is 11.5 Å². The fourth-order valence-electron chi connectivity index (χ4n) is 2.41. The molecule has 4 rings (SSSR count). The van der Waals surface area contributed by atoms with Gasteiger partial charge in [-0.05, 0) is 30.3 Å². The number of rotatable bonds is 4. The zero-order valence-electron chi connectivity index (χ0n) is 12.7. The van der Waals surface area contributed by atoms with Gasteiger partial charge in [-0.2, -0.15) is 5.10 Å². The number of hydrogen-bond donors (Lipinski definition) is 1. The summed E-state index contributed by atoms with van der Waals surface area (Å²) < 4.78 is 12.2. The van der Waals surface area contributed by atoms with E-state index in [1.54, 1.807) is 41.5 Å². The molecular weight excluding hydrogens is 308 g/mol. The molecule has 1 aromatic carbocycles. The lowest BCUT2D eigenvalue weighted by molar-refractivity contribution is 0.102. The first-order valence-corrected chi connectivity index (χ1v) is 7.41. The van der Waals surface area contributed by atoms with Crippen LogP contribution in [0, 0.1) is 0 Å². The second kappa shape index (κ2) is 6.04. The summed E-state index contributed by atoms with van der Waals surface area (Å²) in [6, 6.07) is 10.8. The minimum atomic E-state index is -0.231. The molecule has 1 aliphatic rings. The number of hydrogen-bond acceptors (Lipinski definition) is 5. The van der Waals surface area contributed by atoms with Gasteiger partial charge in [-0.1, -0.05) is 6.07 Å². The number of pyridine rings is 1. The maximum Gasteiger partial charge on any atom is 0.255 e. The lowest BCUT2D eigenvalue weighted by Gasteiger charge is -2.04. The number of nitrogens with zero attached hydrogens (tertiary/aromatic N) is 3. The SMILES string of the molecule is O=C(Nc1cnn(Cc2ccccn2)c1)c1ccc2c(c1)OCO2. The largest absolute Gasteiger partial charge is 0.454 e. The van der Waals surface area contributed by atoms with Crippen molar-refractivity contribution in [1.29, 1.82) is 0 Å². The summed E-state index contributed by atoms with van der Waals surface area (Å²) in [5.74, 6) is 0.994. The molecule has 0 fully saturated rings. The predicted molar refractivity (Wildman–Crippen MR) is 86.1 cm³/mol. The number of carbonyl (C=O) groups excluding carboxylic acids is 1. The molecule has 3 heterocycles. The monoisotopic (exact) mass is 322 g/mol. The van der Waals surface area contributed by atoms with Crippen LogP contribution < -0.4 is 14.8 Å². The summed E-state index contributed by atoms with van der Waals surface area (Å²) in [7, 11) is 0. The van der Waals surface area contributed by atoms with Gasteiger partial charge in [0.1, 0.15) is 0 Å². The minimum absolute atomic E-state index is 0.181. The lowest BCUT2D eigenvalue weighted by Crippen LogP contribution is -2.11. The van der Waals surface area contributed by atoms with Crippen molar-refractivity contribution in [2.75, 3.05) is 12.1 Å². The maximum absolute atomic E-state index is 12.3. The molecule has 0 bridgehead atoms. The summed E-state index contributed by atoms with van der Waals surface area (Å²) in [5, 5.41) is 7.05. The lowest BCUT2D eigenvalue weighted by atomic mass is 10.2. The van der Waals surface area contributed by atoms with Crippen LogP contribution in [0.1, 0.15) is 16.1 Å². The van der Waals surface area contributed by atoms with Gasteiger partial charge < -0.3 is 14.8 Å². The molecule has 1 N–H and O–H groups in total. The van der Waals surface area contributed by atoms with E-state index >= 15 is 0 Å². The van der Waals surface area contributed by atoms with Crippen molar-refractivity contribution < 1.29 is 14.3 Å².